The predicted molar refractivity (Wildman–Crippen MR) is 100 cm³/mol. The van der Waals surface area contributed by atoms with E-state index in [1.807, 2.05) is 49.4 Å². The molecule has 0 radical (unpaired) electrons. The average molecular weight is 369 g/mol. The van der Waals surface area contributed by atoms with Gasteiger partial charge >= 0.3 is 0 Å². The summed E-state index contributed by atoms with van der Waals surface area (Å²) in [6.07, 6.45) is 0.00791. The minimum Gasteiger partial charge on any atom is -0.484 e. The van der Waals surface area contributed by atoms with Gasteiger partial charge in [-0.15, -0.1) is 0 Å². The topological polar surface area (TPSA) is 96.5 Å². The largest absolute Gasteiger partial charge is 0.484 e. The number of benzene rings is 2. The molecule has 3 amide bonds. The molecule has 27 heavy (non-hydrogen) atoms. The number of hydrogen-bond donors (Lipinski definition) is 3. The minimum absolute atomic E-state index is 0.0281. The highest BCUT2D eigenvalue weighted by molar-refractivity contribution is 5.86. The second-order valence-electron chi connectivity index (χ2n) is 5.96. The van der Waals surface area contributed by atoms with Crippen LogP contribution >= 0.6 is 0 Å². The second kappa shape index (κ2) is 10.6. The first-order chi connectivity index (χ1) is 13.0. The number of hydrogen-bond acceptors (Lipinski definition) is 4. The Morgan fingerprint density at radius 3 is 2.30 bits per heavy atom. The zero-order valence-corrected chi connectivity index (χ0v) is 15.2. The van der Waals surface area contributed by atoms with E-state index in [9.17, 15) is 14.4 Å². The first kappa shape index (κ1) is 20.0. The van der Waals surface area contributed by atoms with E-state index in [1.54, 1.807) is 12.1 Å². The van der Waals surface area contributed by atoms with Gasteiger partial charge in [0.1, 0.15) is 5.75 Å². The fraction of sp³-hybridized carbons (Fsp3) is 0.250. The van der Waals surface area contributed by atoms with Crippen LogP contribution in [-0.4, -0.2) is 24.3 Å². The normalized spacial score (nSPS) is 9.96. The number of ether oxygens (including phenoxy) is 1. The van der Waals surface area contributed by atoms with Gasteiger partial charge in [-0.3, -0.25) is 25.2 Å². The van der Waals surface area contributed by atoms with Crippen LogP contribution in [0.3, 0.4) is 0 Å². The molecule has 0 aliphatic carbocycles. The number of carbonyl (C=O) groups excluding carboxylic acids is 3. The first-order valence-corrected chi connectivity index (χ1v) is 8.60. The first-order valence-electron chi connectivity index (χ1n) is 8.60. The molecule has 0 bridgehead atoms. The van der Waals surface area contributed by atoms with Crippen LogP contribution in [-0.2, 0) is 20.9 Å². The molecule has 0 saturated carbocycles. The minimum atomic E-state index is -0.488. The predicted octanol–water partition coefficient (Wildman–Crippen LogP) is 1.62. The second-order valence-corrected chi connectivity index (χ2v) is 5.96. The summed E-state index contributed by atoms with van der Waals surface area (Å²) in [5, 5.41) is 2.74. The maximum absolute atomic E-state index is 11.7. The molecule has 0 heterocycles. The molecule has 2 aromatic carbocycles. The van der Waals surface area contributed by atoms with Gasteiger partial charge < -0.3 is 10.1 Å². The van der Waals surface area contributed by atoms with Crippen LogP contribution in [0.1, 0.15) is 24.0 Å². The van der Waals surface area contributed by atoms with Gasteiger partial charge in [-0.05, 0) is 30.2 Å². The van der Waals surface area contributed by atoms with Crippen molar-refractivity contribution in [2.45, 2.75) is 26.3 Å². The third-order valence-corrected chi connectivity index (χ3v) is 3.61. The molecule has 0 aromatic heterocycles. The van der Waals surface area contributed by atoms with Gasteiger partial charge in [0.05, 0.1) is 0 Å². The van der Waals surface area contributed by atoms with E-state index in [4.69, 9.17) is 4.74 Å². The Morgan fingerprint density at radius 1 is 0.852 bits per heavy atom. The van der Waals surface area contributed by atoms with Gasteiger partial charge in [0.15, 0.2) is 6.61 Å². The summed E-state index contributed by atoms with van der Waals surface area (Å²) in [6, 6.07) is 16.8. The Hall–Kier alpha value is -3.35. The molecule has 0 unspecified atom stereocenters. The van der Waals surface area contributed by atoms with Crippen LogP contribution in [0.15, 0.2) is 54.6 Å². The summed E-state index contributed by atoms with van der Waals surface area (Å²) < 4.78 is 5.33. The van der Waals surface area contributed by atoms with Gasteiger partial charge in [-0.2, -0.15) is 0 Å². The third-order valence-electron chi connectivity index (χ3n) is 3.61. The molecule has 7 nitrogen and oxygen atoms in total. The summed E-state index contributed by atoms with van der Waals surface area (Å²) in [5.41, 5.74) is 6.52. The highest BCUT2D eigenvalue weighted by Crippen LogP contribution is 2.11. The van der Waals surface area contributed by atoms with E-state index in [0.717, 1.165) is 11.1 Å². The maximum atomic E-state index is 11.7. The van der Waals surface area contributed by atoms with Crippen molar-refractivity contribution in [2.75, 3.05) is 6.61 Å². The molecular weight excluding hydrogens is 346 g/mol. The number of aryl methyl sites for hydroxylation is 1. The molecule has 0 saturated heterocycles. The van der Waals surface area contributed by atoms with Crippen molar-refractivity contribution in [1.29, 1.82) is 0 Å². The number of nitrogens with one attached hydrogen (secondary N) is 3. The fourth-order valence-electron chi connectivity index (χ4n) is 2.20. The molecule has 7 heteroatoms. The molecule has 142 valence electrons. The van der Waals surface area contributed by atoms with Gasteiger partial charge in [0.2, 0.25) is 11.8 Å². The highest BCUT2D eigenvalue weighted by Gasteiger charge is 2.09. The van der Waals surface area contributed by atoms with Crippen molar-refractivity contribution < 1.29 is 19.1 Å². The lowest BCUT2D eigenvalue weighted by Crippen LogP contribution is -2.44. The number of hydrazine groups is 1. The van der Waals surface area contributed by atoms with Crippen LogP contribution in [0.4, 0.5) is 0 Å². The molecule has 0 spiro atoms. The van der Waals surface area contributed by atoms with E-state index < -0.39 is 11.8 Å². The van der Waals surface area contributed by atoms with Crippen LogP contribution < -0.4 is 20.9 Å². The zero-order chi connectivity index (χ0) is 19.5. The lowest BCUT2D eigenvalue weighted by molar-refractivity contribution is -0.131. The lowest BCUT2D eigenvalue weighted by atomic mass is 10.2. The summed E-state index contributed by atoms with van der Waals surface area (Å²) in [7, 11) is 0. The Kier molecular flexibility index (Phi) is 7.84. The van der Waals surface area contributed by atoms with E-state index in [-0.39, 0.29) is 25.4 Å². The number of rotatable bonds is 8. The van der Waals surface area contributed by atoms with Crippen molar-refractivity contribution in [3.63, 3.8) is 0 Å². The lowest BCUT2D eigenvalue weighted by Gasteiger charge is -2.09. The van der Waals surface area contributed by atoms with Gasteiger partial charge in [-0.25, -0.2) is 0 Å². The Balaban J connectivity index is 1.58. The van der Waals surface area contributed by atoms with Crippen LogP contribution in [0.2, 0.25) is 0 Å². The van der Waals surface area contributed by atoms with E-state index in [2.05, 4.69) is 16.2 Å². The molecule has 0 fully saturated rings. The molecule has 0 atom stereocenters. The van der Waals surface area contributed by atoms with Crippen molar-refractivity contribution in [3.8, 4) is 5.75 Å². The van der Waals surface area contributed by atoms with Gasteiger partial charge in [0.25, 0.3) is 5.91 Å². The fourth-order valence-corrected chi connectivity index (χ4v) is 2.20. The standard InChI is InChI=1S/C20H23N3O4/c1-15-6-5-9-17(12-15)27-14-20(26)23-22-19(25)11-10-18(24)21-13-16-7-3-2-4-8-16/h2-9,12H,10-11,13-14H2,1H3,(H,21,24)(H,22,25)(H,23,26). The smallest absolute Gasteiger partial charge is 0.276 e. The van der Waals surface area contributed by atoms with Crippen molar-refractivity contribution in [3.05, 3.63) is 65.7 Å². The Labute approximate surface area is 158 Å². The number of amides is 3. The summed E-state index contributed by atoms with van der Waals surface area (Å²) >= 11 is 0. The van der Waals surface area contributed by atoms with Gasteiger partial charge in [0, 0.05) is 19.4 Å². The van der Waals surface area contributed by atoms with E-state index in [1.165, 1.54) is 0 Å². The molecule has 2 rings (SSSR count). The van der Waals surface area contributed by atoms with Gasteiger partial charge in [-0.1, -0.05) is 42.5 Å². The van der Waals surface area contributed by atoms with Crippen molar-refractivity contribution in [1.82, 2.24) is 16.2 Å². The maximum Gasteiger partial charge on any atom is 0.276 e. The monoisotopic (exact) mass is 369 g/mol. The molecule has 0 aliphatic heterocycles. The Morgan fingerprint density at radius 2 is 1.56 bits per heavy atom. The zero-order valence-electron chi connectivity index (χ0n) is 15.2. The van der Waals surface area contributed by atoms with E-state index in [0.29, 0.717) is 12.3 Å². The van der Waals surface area contributed by atoms with Crippen LogP contribution in [0.5, 0.6) is 5.75 Å². The molecule has 2 aromatic rings. The summed E-state index contributed by atoms with van der Waals surface area (Å²) in [6.45, 7) is 2.11. The van der Waals surface area contributed by atoms with Crippen LogP contribution in [0, 0.1) is 6.92 Å². The summed E-state index contributed by atoms with van der Waals surface area (Å²) in [4.78, 5) is 35.1. The number of carbonyl (C=O) groups is 3. The van der Waals surface area contributed by atoms with E-state index >= 15 is 0 Å². The SMILES string of the molecule is Cc1cccc(OCC(=O)NNC(=O)CCC(=O)NCc2ccccc2)c1. The molecular formula is C20H23N3O4. The summed E-state index contributed by atoms with van der Waals surface area (Å²) in [5.74, 6) is -0.596. The van der Waals surface area contributed by atoms with Crippen molar-refractivity contribution in [2.24, 2.45) is 0 Å². The average Bonchev–Trinajstić information content (AvgIpc) is 2.68. The highest BCUT2D eigenvalue weighted by atomic mass is 16.5. The molecule has 3 N–H and O–H groups in total. The van der Waals surface area contributed by atoms with Crippen LogP contribution in [0.25, 0.3) is 0 Å². The quantitative estimate of drug-likeness (QED) is 0.616. The Bertz CT molecular complexity index is 778. The van der Waals surface area contributed by atoms with Crippen molar-refractivity contribution >= 4 is 17.7 Å². The third kappa shape index (κ3) is 8.04. The molecule has 0 aliphatic rings.